The fourth-order valence-electron chi connectivity index (χ4n) is 1.79. The maximum atomic E-state index is 6.00. The van der Waals surface area contributed by atoms with Crippen molar-refractivity contribution in [2.24, 2.45) is 0 Å². The second kappa shape index (κ2) is 5.30. The molecule has 2 heterocycles. The number of methoxy groups -OCH3 is 1. The highest BCUT2D eigenvalue weighted by atomic mass is 35.5. The second-order valence-electron chi connectivity index (χ2n) is 4.01. The molecule has 0 bridgehead atoms. The Morgan fingerprint density at radius 3 is 2.90 bits per heavy atom. The van der Waals surface area contributed by atoms with Crippen LogP contribution >= 0.6 is 11.6 Å². The maximum Gasteiger partial charge on any atom is 0.259 e. The van der Waals surface area contributed by atoms with E-state index in [0.29, 0.717) is 28.1 Å². The Bertz CT molecular complexity index is 728. The van der Waals surface area contributed by atoms with Crippen molar-refractivity contribution in [3.8, 4) is 28.6 Å². The van der Waals surface area contributed by atoms with Gasteiger partial charge in [0.1, 0.15) is 5.75 Å². The molecule has 20 heavy (non-hydrogen) atoms. The van der Waals surface area contributed by atoms with Crippen LogP contribution in [0.15, 0.2) is 47.2 Å². The van der Waals surface area contributed by atoms with E-state index in [9.17, 15) is 0 Å². The lowest BCUT2D eigenvalue weighted by molar-refractivity contribution is 0.413. The minimum Gasteiger partial charge on any atom is -0.496 e. The van der Waals surface area contributed by atoms with E-state index >= 15 is 0 Å². The highest BCUT2D eigenvalue weighted by molar-refractivity contribution is 6.30. The quantitative estimate of drug-likeness (QED) is 0.738. The SMILES string of the molecule is COc1ccc(Cl)cc1-c1noc(-c2cccnc2)n1. The predicted molar refractivity (Wildman–Crippen MR) is 74.5 cm³/mol. The summed E-state index contributed by atoms with van der Waals surface area (Å²) in [6.45, 7) is 0. The van der Waals surface area contributed by atoms with Gasteiger partial charge in [-0.2, -0.15) is 4.98 Å². The van der Waals surface area contributed by atoms with Crippen molar-refractivity contribution in [3.63, 3.8) is 0 Å². The zero-order chi connectivity index (χ0) is 13.9. The zero-order valence-corrected chi connectivity index (χ0v) is 11.3. The van der Waals surface area contributed by atoms with Crippen molar-refractivity contribution in [2.75, 3.05) is 7.11 Å². The Labute approximate surface area is 120 Å². The summed E-state index contributed by atoms with van der Waals surface area (Å²) in [5.41, 5.74) is 1.44. The number of rotatable bonds is 3. The fourth-order valence-corrected chi connectivity index (χ4v) is 1.97. The lowest BCUT2D eigenvalue weighted by atomic mass is 10.2. The first-order chi connectivity index (χ1) is 9.78. The van der Waals surface area contributed by atoms with Crippen LogP contribution in [0, 0.1) is 0 Å². The molecule has 0 saturated heterocycles. The van der Waals surface area contributed by atoms with Gasteiger partial charge in [0.2, 0.25) is 5.82 Å². The van der Waals surface area contributed by atoms with Gasteiger partial charge in [0.15, 0.2) is 0 Å². The Morgan fingerprint density at radius 1 is 1.25 bits per heavy atom. The van der Waals surface area contributed by atoms with Crippen LogP contribution in [0.2, 0.25) is 5.02 Å². The third kappa shape index (κ3) is 2.35. The smallest absolute Gasteiger partial charge is 0.259 e. The minimum atomic E-state index is 0.398. The van der Waals surface area contributed by atoms with Crippen molar-refractivity contribution in [1.29, 1.82) is 0 Å². The normalized spacial score (nSPS) is 10.5. The molecule has 3 rings (SSSR count). The van der Waals surface area contributed by atoms with E-state index < -0.39 is 0 Å². The molecule has 0 aliphatic heterocycles. The number of ether oxygens (including phenoxy) is 1. The number of hydrogen-bond donors (Lipinski definition) is 0. The van der Waals surface area contributed by atoms with E-state index in [4.69, 9.17) is 20.9 Å². The van der Waals surface area contributed by atoms with Gasteiger partial charge in [-0.1, -0.05) is 16.8 Å². The molecule has 0 aliphatic carbocycles. The highest BCUT2D eigenvalue weighted by Crippen LogP contribution is 2.31. The molecule has 0 unspecified atom stereocenters. The number of hydrogen-bond acceptors (Lipinski definition) is 5. The van der Waals surface area contributed by atoms with Crippen LogP contribution in [0.3, 0.4) is 0 Å². The number of nitrogens with zero attached hydrogens (tertiary/aromatic N) is 3. The van der Waals surface area contributed by atoms with Gasteiger partial charge in [-0.3, -0.25) is 4.98 Å². The summed E-state index contributed by atoms with van der Waals surface area (Å²) in [5, 5.41) is 4.54. The van der Waals surface area contributed by atoms with E-state index in [0.717, 1.165) is 5.56 Å². The largest absolute Gasteiger partial charge is 0.496 e. The summed E-state index contributed by atoms with van der Waals surface area (Å²) in [4.78, 5) is 8.36. The minimum absolute atomic E-state index is 0.398. The number of halogens is 1. The van der Waals surface area contributed by atoms with Crippen molar-refractivity contribution in [2.45, 2.75) is 0 Å². The molecule has 100 valence electrons. The molecule has 0 spiro atoms. The van der Waals surface area contributed by atoms with E-state index in [-0.39, 0.29) is 0 Å². The van der Waals surface area contributed by atoms with Crippen LogP contribution < -0.4 is 4.74 Å². The third-order valence-corrected chi connectivity index (χ3v) is 2.97. The van der Waals surface area contributed by atoms with Gasteiger partial charge in [-0.05, 0) is 30.3 Å². The molecule has 0 saturated carbocycles. The van der Waals surface area contributed by atoms with Crippen LogP contribution in [-0.4, -0.2) is 22.2 Å². The van der Waals surface area contributed by atoms with Gasteiger partial charge in [0.25, 0.3) is 5.89 Å². The molecular weight excluding hydrogens is 278 g/mol. The van der Waals surface area contributed by atoms with Crippen molar-refractivity contribution >= 4 is 11.6 Å². The number of aromatic nitrogens is 3. The van der Waals surface area contributed by atoms with Gasteiger partial charge in [0, 0.05) is 17.4 Å². The Kier molecular flexibility index (Phi) is 3.35. The van der Waals surface area contributed by atoms with Gasteiger partial charge < -0.3 is 9.26 Å². The molecule has 0 radical (unpaired) electrons. The van der Waals surface area contributed by atoms with Crippen LogP contribution in [-0.2, 0) is 0 Å². The third-order valence-electron chi connectivity index (χ3n) is 2.74. The monoisotopic (exact) mass is 287 g/mol. The van der Waals surface area contributed by atoms with Crippen molar-refractivity contribution < 1.29 is 9.26 Å². The molecular formula is C14H10ClN3O2. The molecule has 6 heteroatoms. The molecule has 3 aromatic rings. The van der Waals surface area contributed by atoms with E-state index in [1.807, 2.05) is 6.07 Å². The summed E-state index contributed by atoms with van der Waals surface area (Å²) in [6, 6.07) is 8.89. The first kappa shape index (κ1) is 12.6. The Balaban J connectivity index is 2.04. The second-order valence-corrected chi connectivity index (χ2v) is 4.45. The molecule has 0 N–H and O–H groups in total. The number of pyridine rings is 1. The van der Waals surface area contributed by atoms with Gasteiger partial charge >= 0.3 is 0 Å². The first-order valence-electron chi connectivity index (χ1n) is 5.86. The van der Waals surface area contributed by atoms with Crippen LogP contribution in [0.4, 0.5) is 0 Å². The average Bonchev–Trinajstić information content (AvgIpc) is 2.98. The van der Waals surface area contributed by atoms with Crippen LogP contribution in [0.25, 0.3) is 22.8 Å². The molecule has 2 aromatic heterocycles. The molecule has 0 aliphatic rings. The Hall–Kier alpha value is -2.40. The summed E-state index contributed by atoms with van der Waals surface area (Å²) < 4.78 is 10.5. The van der Waals surface area contributed by atoms with Crippen LogP contribution in [0.5, 0.6) is 5.75 Å². The van der Waals surface area contributed by atoms with Gasteiger partial charge in [-0.25, -0.2) is 0 Å². The van der Waals surface area contributed by atoms with Crippen LogP contribution in [0.1, 0.15) is 0 Å². The Morgan fingerprint density at radius 2 is 2.15 bits per heavy atom. The number of benzene rings is 1. The van der Waals surface area contributed by atoms with E-state index in [1.54, 1.807) is 43.8 Å². The highest BCUT2D eigenvalue weighted by Gasteiger charge is 2.15. The topological polar surface area (TPSA) is 61.0 Å². The summed E-state index contributed by atoms with van der Waals surface area (Å²) in [5.74, 6) is 1.45. The van der Waals surface area contributed by atoms with Crippen molar-refractivity contribution in [1.82, 2.24) is 15.1 Å². The average molecular weight is 288 g/mol. The molecule has 0 fully saturated rings. The lowest BCUT2D eigenvalue weighted by Gasteiger charge is -2.04. The molecule has 0 atom stereocenters. The first-order valence-corrected chi connectivity index (χ1v) is 6.24. The molecule has 5 nitrogen and oxygen atoms in total. The van der Waals surface area contributed by atoms with Gasteiger partial charge in [-0.15, -0.1) is 0 Å². The van der Waals surface area contributed by atoms with Gasteiger partial charge in [0.05, 0.1) is 18.2 Å². The van der Waals surface area contributed by atoms with E-state index in [1.165, 1.54) is 0 Å². The molecule has 0 amide bonds. The molecule has 1 aromatic carbocycles. The predicted octanol–water partition coefficient (Wildman–Crippen LogP) is 3.46. The van der Waals surface area contributed by atoms with E-state index in [2.05, 4.69) is 15.1 Å². The summed E-state index contributed by atoms with van der Waals surface area (Å²) in [6.07, 6.45) is 3.34. The fraction of sp³-hybridized carbons (Fsp3) is 0.0714. The van der Waals surface area contributed by atoms with Crippen molar-refractivity contribution in [3.05, 3.63) is 47.7 Å². The summed E-state index contributed by atoms with van der Waals surface area (Å²) in [7, 11) is 1.58. The maximum absolute atomic E-state index is 6.00. The zero-order valence-electron chi connectivity index (χ0n) is 10.6. The summed E-state index contributed by atoms with van der Waals surface area (Å²) >= 11 is 6.00. The standard InChI is InChI=1S/C14H10ClN3O2/c1-19-12-5-4-10(15)7-11(12)13-17-14(20-18-13)9-3-2-6-16-8-9/h2-8H,1H3. The lowest BCUT2D eigenvalue weighted by Crippen LogP contribution is -1.89.